The largest absolute Gasteiger partial charge is 0.491 e. The Morgan fingerprint density at radius 2 is 1.97 bits per heavy atom. The number of hydrogen-bond donors (Lipinski definition) is 2. The van der Waals surface area contributed by atoms with Crippen LogP contribution in [-0.4, -0.2) is 61.9 Å². The lowest BCUT2D eigenvalue weighted by Gasteiger charge is -2.24. The number of halogens is 1. The van der Waals surface area contributed by atoms with Crippen molar-refractivity contribution in [2.45, 2.75) is 39.3 Å². The first-order chi connectivity index (χ1) is 17.4. The zero-order valence-electron chi connectivity index (χ0n) is 21.0. The quantitative estimate of drug-likeness (QED) is 0.385. The van der Waals surface area contributed by atoms with Crippen LogP contribution in [0.1, 0.15) is 38.2 Å². The first-order valence-electron chi connectivity index (χ1n) is 11.4. The number of fused-ring (bicyclic) bond motifs is 2. The van der Waals surface area contributed by atoms with Gasteiger partial charge in [-0.05, 0) is 39.8 Å². The minimum absolute atomic E-state index is 0.0691. The van der Waals surface area contributed by atoms with Crippen molar-refractivity contribution in [2.24, 2.45) is 0 Å². The van der Waals surface area contributed by atoms with Gasteiger partial charge in [-0.3, -0.25) is 14.7 Å². The fourth-order valence-corrected chi connectivity index (χ4v) is 3.65. The van der Waals surface area contributed by atoms with Crippen LogP contribution in [0.15, 0.2) is 36.8 Å². The maximum Gasteiger partial charge on any atom is 0.414 e. The molecular formula is C24H27ClN8O4. The number of hydrogen-bond acceptors (Lipinski definition) is 9. The monoisotopic (exact) mass is 526 g/mol. The molecule has 12 nitrogen and oxygen atoms in total. The minimum Gasteiger partial charge on any atom is -0.491 e. The fraction of sp³-hybridized carbons (Fsp3) is 0.333. The van der Waals surface area contributed by atoms with Crippen molar-refractivity contribution in [1.82, 2.24) is 29.9 Å². The lowest BCUT2D eigenvalue weighted by molar-refractivity contribution is 0.0589. The Morgan fingerprint density at radius 3 is 2.70 bits per heavy atom. The van der Waals surface area contributed by atoms with Gasteiger partial charge in [-0.1, -0.05) is 11.6 Å². The van der Waals surface area contributed by atoms with Crippen LogP contribution in [0.25, 0.3) is 16.6 Å². The van der Waals surface area contributed by atoms with Crippen LogP contribution in [0.4, 0.5) is 16.3 Å². The number of nitrogens with one attached hydrogen (secondary N) is 1. The van der Waals surface area contributed by atoms with E-state index >= 15 is 0 Å². The molecule has 4 aromatic heterocycles. The summed E-state index contributed by atoms with van der Waals surface area (Å²) in [5, 5.41) is 7.85. The highest BCUT2D eigenvalue weighted by Crippen LogP contribution is 2.26. The summed E-state index contributed by atoms with van der Waals surface area (Å²) in [5.74, 6) is 0.470. The van der Waals surface area contributed by atoms with E-state index in [2.05, 4.69) is 25.4 Å². The Hall–Kier alpha value is -4.19. The number of carbonyl (C=O) groups is 2. The average Bonchev–Trinajstić information content (AvgIpc) is 3.24. The smallest absolute Gasteiger partial charge is 0.414 e. The summed E-state index contributed by atoms with van der Waals surface area (Å²) in [6, 6.07) is 4.49. The standard InChI is InChI=1S/C24H27ClN8O4/c1-13(12-36-18-6-7-27-15-10-28-20(26)8-14(15)18)30-22(34)17-11-29-21-16(9-19(25)31-33(17)21)32(5)23(35)37-24(2,3)4/h6-11,13H,12H2,1-5H3,(H2,26,28)(H,30,34). The molecule has 0 fully saturated rings. The van der Waals surface area contributed by atoms with Gasteiger partial charge in [0.1, 0.15) is 23.8 Å². The second kappa shape index (κ2) is 10.1. The fourth-order valence-electron chi connectivity index (χ4n) is 3.47. The Morgan fingerprint density at radius 1 is 1.22 bits per heavy atom. The second-order valence-electron chi connectivity index (χ2n) is 9.39. The summed E-state index contributed by atoms with van der Waals surface area (Å²) in [6.45, 7) is 7.26. The lowest BCUT2D eigenvalue weighted by atomic mass is 10.2. The Balaban J connectivity index is 1.50. The third-order valence-electron chi connectivity index (χ3n) is 5.16. The van der Waals surface area contributed by atoms with Crippen LogP contribution < -0.4 is 20.7 Å². The molecule has 0 aliphatic heterocycles. The molecule has 0 aromatic carbocycles. The van der Waals surface area contributed by atoms with Crippen molar-refractivity contribution in [3.05, 3.63) is 47.6 Å². The SMILES string of the molecule is CC(COc1ccnc2cnc(N)cc12)NC(=O)c1cnc2c(N(C)C(=O)OC(C)(C)C)cc(Cl)nn12. The number of imidazole rings is 1. The summed E-state index contributed by atoms with van der Waals surface area (Å²) in [5.41, 5.74) is 6.48. The molecule has 37 heavy (non-hydrogen) atoms. The number of aromatic nitrogens is 5. The molecule has 0 aliphatic carbocycles. The highest BCUT2D eigenvalue weighted by atomic mass is 35.5. The van der Waals surface area contributed by atoms with E-state index in [4.69, 9.17) is 26.8 Å². The van der Waals surface area contributed by atoms with E-state index in [9.17, 15) is 9.59 Å². The number of carbonyl (C=O) groups excluding carboxylic acids is 2. The predicted octanol–water partition coefficient (Wildman–Crippen LogP) is 3.48. The molecule has 4 rings (SSSR count). The molecule has 194 valence electrons. The van der Waals surface area contributed by atoms with Crippen molar-refractivity contribution in [3.8, 4) is 5.75 Å². The summed E-state index contributed by atoms with van der Waals surface area (Å²) in [6.07, 6.45) is 3.94. The lowest BCUT2D eigenvalue weighted by Crippen LogP contribution is -2.37. The predicted molar refractivity (Wildman–Crippen MR) is 139 cm³/mol. The third-order valence-corrected chi connectivity index (χ3v) is 5.34. The summed E-state index contributed by atoms with van der Waals surface area (Å²) in [4.78, 5) is 39.5. The molecule has 0 radical (unpaired) electrons. The summed E-state index contributed by atoms with van der Waals surface area (Å²) >= 11 is 6.21. The van der Waals surface area contributed by atoms with Gasteiger partial charge >= 0.3 is 6.09 Å². The normalized spacial score (nSPS) is 12.4. The van der Waals surface area contributed by atoms with Gasteiger partial charge in [0.15, 0.2) is 16.5 Å². The highest BCUT2D eigenvalue weighted by molar-refractivity contribution is 6.29. The maximum atomic E-state index is 13.1. The zero-order valence-corrected chi connectivity index (χ0v) is 21.8. The Bertz CT molecular complexity index is 1480. The molecule has 0 bridgehead atoms. The van der Waals surface area contributed by atoms with Gasteiger partial charge in [-0.15, -0.1) is 0 Å². The number of pyridine rings is 2. The van der Waals surface area contributed by atoms with Crippen molar-refractivity contribution in [1.29, 1.82) is 0 Å². The topological polar surface area (TPSA) is 150 Å². The number of nitrogens with zero attached hydrogens (tertiary/aromatic N) is 6. The first kappa shape index (κ1) is 25.9. The number of amides is 2. The molecular weight excluding hydrogens is 500 g/mol. The molecule has 0 saturated carbocycles. The van der Waals surface area contributed by atoms with Crippen LogP contribution in [0.5, 0.6) is 5.75 Å². The van der Waals surface area contributed by atoms with Crippen LogP contribution >= 0.6 is 11.6 Å². The van der Waals surface area contributed by atoms with Gasteiger partial charge in [-0.25, -0.2) is 19.3 Å². The number of ether oxygens (including phenoxy) is 2. The maximum absolute atomic E-state index is 13.1. The van der Waals surface area contributed by atoms with Gasteiger partial charge in [0, 0.05) is 24.7 Å². The molecule has 3 N–H and O–H groups in total. The Labute approximate surface area is 217 Å². The Kier molecular flexibility index (Phi) is 7.03. The number of nitrogens with two attached hydrogens (primary N) is 1. The van der Waals surface area contributed by atoms with Gasteiger partial charge in [0.2, 0.25) is 0 Å². The molecule has 2 amide bonds. The van der Waals surface area contributed by atoms with E-state index in [1.165, 1.54) is 28.7 Å². The zero-order chi connectivity index (χ0) is 26.9. The first-order valence-corrected chi connectivity index (χ1v) is 11.8. The molecule has 4 heterocycles. The van der Waals surface area contributed by atoms with Crippen molar-refractivity contribution < 1.29 is 19.1 Å². The van der Waals surface area contributed by atoms with E-state index in [0.717, 1.165) is 5.39 Å². The minimum atomic E-state index is -0.691. The van der Waals surface area contributed by atoms with Crippen LogP contribution in [0, 0.1) is 0 Å². The molecule has 1 unspecified atom stereocenters. The van der Waals surface area contributed by atoms with E-state index < -0.39 is 17.6 Å². The molecule has 0 saturated heterocycles. The summed E-state index contributed by atoms with van der Waals surface area (Å²) < 4.78 is 12.6. The van der Waals surface area contributed by atoms with Crippen LogP contribution in [0.2, 0.25) is 5.15 Å². The molecule has 4 aromatic rings. The van der Waals surface area contributed by atoms with Gasteiger partial charge in [0.05, 0.1) is 29.6 Å². The van der Waals surface area contributed by atoms with E-state index in [1.807, 2.05) is 0 Å². The van der Waals surface area contributed by atoms with Gasteiger partial charge in [-0.2, -0.15) is 5.10 Å². The van der Waals surface area contributed by atoms with Crippen LogP contribution in [0.3, 0.4) is 0 Å². The number of nitrogen functional groups attached to an aromatic ring is 1. The number of anilines is 2. The van der Waals surface area contributed by atoms with Crippen molar-refractivity contribution >= 4 is 51.7 Å². The molecule has 0 spiro atoms. The highest BCUT2D eigenvalue weighted by Gasteiger charge is 2.25. The molecule has 0 aliphatic rings. The van der Waals surface area contributed by atoms with E-state index in [-0.39, 0.29) is 29.1 Å². The second-order valence-corrected chi connectivity index (χ2v) is 9.78. The average molecular weight is 527 g/mol. The third kappa shape index (κ3) is 5.80. The number of rotatable bonds is 6. The van der Waals surface area contributed by atoms with Crippen molar-refractivity contribution in [3.63, 3.8) is 0 Å². The van der Waals surface area contributed by atoms with E-state index in [0.29, 0.717) is 22.8 Å². The van der Waals surface area contributed by atoms with Crippen molar-refractivity contribution in [2.75, 3.05) is 24.3 Å². The van der Waals surface area contributed by atoms with E-state index in [1.54, 1.807) is 52.2 Å². The molecule has 13 heteroatoms. The molecule has 1 atom stereocenters. The van der Waals surface area contributed by atoms with Crippen LogP contribution in [-0.2, 0) is 4.74 Å². The van der Waals surface area contributed by atoms with Gasteiger partial charge in [0.25, 0.3) is 5.91 Å². The van der Waals surface area contributed by atoms with Gasteiger partial charge < -0.3 is 20.5 Å². The summed E-state index contributed by atoms with van der Waals surface area (Å²) in [7, 11) is 1.53.